The molecule has 1 aliphatic rings. The number of halogens is 2. The van der Waals surface area contributed by atoms with E-state index in [1.54, 1.807) is 6.07 Å². The van der Waals surface area contributed by atoms with Crippen LogP contribution in [0.3, 0.4) is 0 Å². The molecule has 1 N–H and O–H groups in total. The van der Waals surface area contributed by atoms with Crippen molar-refractivity contribution in [1.82, 2.24) is 10.2 Å². The van der Waals surface area contributed by atoms with E-state index in [0.29, 0.717) is 43.2 Å². The summed E-state index contributed by atoms with van der Waals surface area (Å²) >= 11 is 6.14. The maximum Gasteiger partial charge on any atom is 0.230 e. The van der Waals surface area contributed by atoms with Crippen LogP contribution in [-0.4, -0.2) is 44.7 Å². The molecule has 1 fully saturated rings. The predicted octanol–water partition coefficient (Wildman–Crippen LogP) is 3.95. The van der Waals surface area contributed by atoms with Gasteiger partial charge in [0, 0.05) is 24.8 Å². The standard InChI is InChI=1S/C22H26ClFN2O2/c1-26(2)20(16-5-3-7-18(23)13-16)15-25-21(27)22(9-11-28-12-10-22)17-6-4-8-19(24)14-17/h3-8,13-14,20H,9-12,15H2,1-2H3,(H,25,27). The third-order valence-corrected chi connectivity index (χ3v) is 5.71. The van der Waals surface area contributed by atoms with Gasteiger partial charge >= 0.3 is 0 Å². The van der Waals surface area contributed by atoms with E-state index in [1.165, 1.54) is 12.1 Å². The Hall–Kier alpha value is -1.95. The number of hydrogen-bond donors (Lipinski definition) is 1. The largest absolute Gasteiger partial charge is 0.381 e. The van der Waals surface area contributed by atoms with E-state index < -0.39 is 5.41 Å². The molecule has 1 heterocycles. The van der Waals surface area contributed by atoms with E-state index in [1.807, 2.05) is 49.3 Å². The lowest BCUT2D eigenvalue weighted by Crippen LogP contribution is -2.49. The van der Waals surface area contributed by atoms with Gasteiger partial charge in [0.2, 0.25) is 5.91 Å². The van der Waals surface area contributed by atoms with Crippen LogP contribution in [0, 0.1) is 5.82 Å². The first-order chi connectivity index (χ1) is 13.4. The molecular formula is C22H26ClFN2O2. The van der Waals surface area contributed by atoms with Crippen LogP contribution in [0.25, 0.3) is 0 Å². The lowest BCUT2D eigenvalue weighted by atomic mass is 9.73. The highest BCUT2D eigenvalue weighted by Gasteiger charge is 2.42. The van der Waals surface area contributed by atoms with Crippen LogP contribution in [0.4, 0.5) is 4.39 Å². The summed E-state index contributed by atoms with van der Waals surface area (Å²) in [6.45, 7) is 1.40. The lowest BCUT2D eigenvalue weighted by Gasteiger charge is -2.37. The van der Waals surface area contributed by atoms with Crippen molar-refractivity contribution in [2.24, 2.45) is 0 Å². The molecule has 0 radical (unpaired) electrons. The third kappa shape index (κ3) is 4.54. The van der Waals surface area contributed by atoms with E-state index in [2.05, 4.69) is 5.32 Å². The second kappa shape index (κ2) is 9.03. The molecule has 1 aliphatic heterocycles. The maximum atomic E-state index is 13.9. The Morgan fingerprint density at radius 2 is 1.93 bits per heavy atom. The molecule has 3 rings (SSSR count). The topological polar surface area (TPSA) is 41.6 Å². The minimum atomic E-state index is -0.772. The van der Waals surface area contributed by atoms with Gasteiger partial charge in [-0.15, -0.1) is 0 Å². The average molecular weight is 405 g/mol. The zero-order valence-corrected chi connectivity index (χ0v) is 17.0. The molecule has 28 heavy (non-hydrogen) atoms. The van der Waals surface area contributed by atoms with Gasteiger partial charge in [-0.3, -0.25) is 4.79 Å². The molecule has 0 aliphatic carbocycles. The molecule has 6 heteroatoms. The highest BCUT2D eigenvalue weighted by molar-refractivity contribution is 6.30. The zero-order valence-electron chi connectivity index (χ0n) is 16.3. The number of amides is 1. The van der Waals surface area contributed by atoms with Gasteiger partial charge in [-0.2, -0.15) is 0 Å². The summed E-state index contributed by atoms with van der Waals surface area (Å²) in [6.07, 6.45) is 1.07. The van der Waals surface area contributed by atoms with Crippen LogP contribution < -0.4 is 5.32 Å². The Morgan fingerprint density at radius 3 is 2.57 bits per heavy atom. The quantitative estimate of drug-likeness (QED) is 0.792. The molecule has 1 saturated heterocycles. The van der Waals surface area contributed by atoms with Crippen molar-refractivity contribution in [3.05, 3.63) is 70.5 Å². The fourth-order valence-corrected chi connectivity index (χ4v) is 4.02. The molecule has 0 aromatic heterocycles. The van der Waals surface area contributed by atoms with E-state index in [9.17, 15) is 9.18 Å². The van der Waals surface area contributed by atoms with Crippen LogP contribution >= 0.6 is 11.6 Å². The van der Waals surface area contributed by atoms with Gasteiger partial charge in [0.05, 0.1) is 11.5 Å². The molecule has 1 atom stereocenters. The van der Waals surface area contributed by atoms with Crippen LogP contribution in [0.15, 0.2) is 48.5 Å². The van der Waals surface area contributed by atoms with Crippen LogP contribution in [0.5, 0.6) is 0 Å². The number of hydrogen-bond acceptors (Lipinski definition) is 3. The summed E-state index contributed by atoms with van der Waals surface area (Å²) < 4.78 is 19.3. The van der Waals surface area contributed by atoms with Gasteiger partial charge in [0.15, 0.2) is 0 Å². The van der Waals surface area contributed by atoms with Crippen LogP contribution in [0.1, 0.15) is 30.0 Å². The van der Waals surface area contributed by atoms with E-state index in [0.717, 1.165) is 5.56 Å². The fourth-order valence-electron chi connectivity index (χ4n) is 3.82. The fraction of sp³-hybridized carbons (Fsp3) is 0.409. The second-order valence-electron chi connectivity index (χ2n) is 7.45. The summed E-state index contributed by atoms with van der Waals surface area (Å²) in [5.41, 5.74) is 0.966. The highest BCUT2D eigenvalue weighted by Crippen LogP contribution is 2.35. The van der Waals surface area contributed by atoms with Crippen molar-refractivity contribution in [3.8, 4) is 0 Å². The Morgan fingerprint density at radius 1 is 1.21 bits per heavy atom. The number of likely N-dealkylation sites (N-methyl/N-ethyl adjacent to an activating group) is 1. The van der Waals surface area contributed by atoms with Crippen molar-refractivity contribution in [1.29, 1.82) is 0 Å². The lowest BCUT2D eigenvalue weighted by molar-refractivity contribution is -0.130. The van der Waals surface area contributed by atoms with Gasteiger partial charge in [-0.25, -0.2) is 4.39 Å². The first-order valence-electron chi connectivity index (χ1n) is 9.46. The normalized spacial score (nSPS) is 17.3. The average Bonchev–Trinajstić information content (AvgIpc) is 2.68. The Balaban J connectivity index is 1.81. The first-order valence-corrected chi connectivity index (χ1v) is 9.84. The van der Waals surface area contributed by atoms with Crippen LogP contribution in [-0.2, 0) is 14.9 Å². The number of carbonyl (C=O) groups is 1. The number of carbonyl (C=O) groups excluding carboxylic acids is 1. The van der Waals surface area contributed by atoms with E-state index >= 15 is 0 Å². The SMILES string of the molecule is CN(C)C(CNC(=O)C1(c2cccc(F)c2)CCOCC1)c1cccc(Cl)c1. The smallest absolute Gasteiger partial charge is 0.230 e. The van der Waals surface area contributed by atoms with Gasteiger partial charge < -0.3 is 15.0 Å². The summed E-state index contributed by atoms with van der Waals surface area (Å²) in [5, 5.41) is 3.77. The Bertz CT molecular complexity index is 822. The van der Waals surface area contributed by atoms with Gasteiger partial charge in [0.1, 0.15) is 5.82 Å². The summed E-state index contributed by atoms with van der Waals surface area (Å²) in [6, 6.07) is 14.0. The molecule has 4 nitrogen and oxygen atoms in total. The second-order valence-corrected chi connectivity index (χ2v) is 7.89. The molecule has 2 aromatic rings. The molecule has 0 bridgehead atoms. The molecule has 0 saturated carbocycles. The number of nitrogens with zero attached hydrogens (tertiary/aromatic N) is 1. The van der Waals surface area contributed by atoms with Crippen molar-refractivity contribution in [2.75, 3.05) is 33.9 Å². The molecule has 150 valence electrons. The van der Waals surface area contributed by atoms with E-state index in [-0.39, 0.29) is 17.8 Å². The summed E-state index contributed by atoms with van der Waals surface area (Å²) in [4.78, 5) is 15.4. The Labute approximate surface area is 170 Å². The molecule has 0 spiro atoms. The van der Waals surface area contributed by atoms with Crippen molar-refractivity contribution < 1.29 is 13.9 Å². The number of benzene rings is 2. The van der Waals surface area contributed by atoms with Crippen molar-refractivity contribution >= 4 is 17.5 Å². The Kier molecular flexibility index (Phi) is 6.70. The van der Waals surface area contributed by atoms with Gasteiger partial charge in [-0.1, -0.05) is 35.9 Å². The highest BCUT2D eigenvalue weighted by atomic mass is 35.5. The van der Waals surface area contributed by atoms with Crippen LogP contribution in [0.2, 0.25) is 5.02 Å². The van der Waals surface area contributed by atoms with Gasteiger partial charge in [0.25, 0.3) is 0 Å². The molecular weight excluding hydrogens is 379 g/mol. The van der Waals surface area contributed by atoms with E-state index in [4.69, 9.17) is 16.3 Å². The number of rotatable bonds is 6. The number of ether oxygens (including phenoxy) is 1. The minimum Gasteiger partial charge on any atom is -0.381 e. The molecule has 1 amide bonds. The van der Waals surface area contributed by atoms with Gasteiger partial charge in [-0.05, 0) is 62.3 Å². The maximum absolute atomic E-state index is 13.9. The predicted molar refractivity (Wildman–Crippen MR) is 109 cm³/mol. The summed E-state index contributed by atoms with van der Waals surface area (Å²) in [5.74, 6) is -0.420. The van der Waals surface area contributed by atoms with Crippen molar-refractivity contribution in [2.45, 2.75) is 24.3 Å². The first kappa shape index (κ1) is 20.8. The zero-order chi connectivity index (χ0) is 20.1. The number of nitrogens with one attached hydrogen (secondary N) is 1. The monoisotopic (exact) mass is 404 g/mol. The summed E-state index contributed by atoms with van der Waals surface area (Å²) in [7, 11) is 3.93. The van der Waals surface area contributed by atoms with Crippen molar-refractivity contribution in [3.63, 3.8) is 0 Å². The third-order valence-electron chi connectivity index (χ3n) is 5.47. The minimum absolute atomic E-state index is 0.0212. The molecule has 1 unspecified atom stereocenters. The molecule has 2 aromatic carbocycles.